The number of benzene rings is 2. The van der Waals surface area contributed by atoms with E-state index in [0.717, 1.165) is 0 Å². The molecule has 0 radical (unpaired) electrons. The zero-order valence-corrected chi connectivity index (χ0v) is 8.15. The molecule has 0 aliphatic heterocycles. The van der Waals surface area contributed by atoms with E-state index in [-0.39, 0.29) is 0 Å². The van der Waals surface area contributed by atoms with Crippen LogP contribution in [0.1, 0.15) is 0 Å². The van der Waals surface area contributed by atoms with E-state index in [2.05, 4.69) is 48.5 Å². The fraction of sp³-hybridized carbons (Fsp3) is 0. The van der Waals surface area contributed by atoms with Crippen LogP contribution >= 0.6 is 0 Å². The predicted molar refractivity (Wildman–Crippen MR) is 57.3 cm³/mol. The molecule has 0 heterocycles. The molecule has 2 aromatic carbocycles. The lowest BCUT2D eigenvalue weighted by atomic mass is 10.1. The Hall–Kier alpha value is -1.23. The number of rotatable bonds is 0. The summed E-state index contributed by atoms with van der Waals surface area (Å²) in [4.78, 5) is 0. The first-order valence-electron chi connectivity index (χ1n) is 3.94. The zero-order chi connectivity index (χ0) is 10.4. The lowest BCUT2D eigenvalue weighted by Crippen LogP contribution is -1.74. The first kappa shape index (κ1) is 10.8. The molecule has 0 saturated carbocycles. The second kappa shape index (κ2) is 5.49. The van der Waals surface area contributed by atoms with E-state index in [4.69, 9.17) is 13.3 Å². The first-order valence-corrected chi connectivity index (χ1v) is 5.00. The highest BCUT2D eigenvalue weighted by atomic mass is 32.2. The smallest absolute Gasteiger partial charge is 0.284 e. The van der Waals surface area contributed by atoms with Gasteiger partial charge in [0, 0.05) is 0 Å². The van der Waals surface area contributed by atoms with Gasteiger partial charge in [0.25, 0.3) is 11.4 Å². The molecule has 0 fully saturated rings. The summed E-state index contributed by atoms with van der Waals surface area (Å²) in [5.41, 5.74) is 0. The van der Waals surface area contributed by atoms with Crippen LogP contribution < -0.4 is 0 Å². The van der Waals surface area contributed by atoms with Gasteiger partial charge in [0.15, 0.2) is 0 Å². The van der Waals surface area contributed by atoms with Crippen molar-refractivity contribution in [3.8, 4) is 0 Å². The van der Waals surface area contributed by atoms with Gasteiger partial charge < -0.3 is 0 Å². The third-order valence-corrected chi connectivity index (χ3v) is 1.66. The molecule has 0 aliphatic rings. The highest BCUT2D eigenvalue weighted by molar-refractivity contribution is 7.73. The van der Waals surface area contributed by atoms with Gasteiger partial charge in [-0.3, -0.25) is 9.11 Å². The molecule has 4 heteroatoms. The third-order valence-electron chi connectivity index (χ3n) is 1.66. The average Bonchev–Trinajstić information content (AvgIpc) is 2.17. The summed E-state index contributed by atoms with van der Waals surface area (Å²) in [6, 6.07) is 16.7. The molecule has 2 N–H and O–H groups in total. The highest BCUT2D eigenvalue weighted by Gasteiger charge is 1.85. The quantitative estimate of drug-likeness (QED) is 0.657. The molecule has 2 aromatic rings. The van der Waals surface area contributed by atoms with Gasteiger partial charge in [0.05, 0.1) is 0 Å². The van der Waals surface area contributed by atoms with E-state index < -0.39 is 11.4 Å². The van der Waals surface area contributed by atoms with Gasteiger partial charge >= 0.3 is 0 Å². The maximum Gasteiger partial charge on any atom is 0.299 e. The number of hydrogen-bond donors (Lipinski definition) is 2. The fourth-order valence-corrected chi connectivity index (χ4v) is 1.13. The molecule has 0 atom stereocenters. The molecule has 0 spiro atoms. The van der Waals surface area contributed by atoms with Crippen LogP contribution in [0.2, 0.25) is 0 Å². The predicted octanol–water partition coefficient (Wildman–Crippen LogP) is 2.52. The van der Waals surface area contributed by atoms with Gasteiger partial charge in [0.2, 0.25) is 0 Å². The van der Waals surface area contributed by atoms with E-state index in [9.17, 15) is 0 Å². The minimum Gasteiger partial charge on any atom is -0.284 e. The molecule has 0 bridgehead atoms. The molecule has 0 aliphatic carbocycles. The van der Waals surface area contributed by atoms with Crippen molar-refractivity contribution in [1.29, 1.82) is 0 Å². The van der Waals surface area contributed by atoms with Crippen molar-refractivity contribution in [2.45, 2.75) is 0 Å². The summed E-state index contributed by atoms with van der Waals surface area (Å²) in [7, 11) is 0. The molecule has 74 valence electrons. The Bertz CT molecular complexity index is 359. The second-order valence-electron chi connectivity index (χ2n) is 2.58. The summed E-state index contributed by atoms with van der Waals surface area (Å²) in [6.07, 6.45) is 0. The van der Waals surface area contributed by atoms with Crippen LogP contribution in [-0.4, -0.2) is 13.3 Å². The van der Waals surface area contributed by atoms with Gasteiger partial charge in [0.1, 0.15) is 0 Å². The Balaban J connectivity index is 0.000000213. The first-order chi connectivity index (χ1) is 6.70. The summed E-state index contributed by atoms with van der Waals surface area (Å²) < 4.78 is 22.8. The molecular formula is C10H10O3S. The van der Waals surface area contributed by atoms with Crippen molar-refractivity contribution in [3.63, 3.8) is 0 Å². The molecule has 0 amide bonds. The standard InChI is InChI=1S/C10H8.H2O3S/c1-2-6-10-8-4-3-7-9(10)5-1;1-4(2)3/h1-8H;(H2,1,2,3). The Morgan fingerprint density at radius 3 is 1.21 bits per heavy atom. The molecule has 3 nitrogen and oxygen atoms in total. The van der Waals surface area contributed by atoms with Gasteiger partial charge in [-0.15, -0.1) is 0 Å². The molecule has 0 unspecified atom stereocenters. The molecule has 0 saturated heterocycles. The minimum absolute atomic E-state index is 1.31. The largest absolute Gasteiger partial charge is 0.299 e. The van der Waals surface area contributed by atoms with Crippen LogP contribution in [0.25, 0.3) is 10.8 Å². The monoisotopic (exact) mass is 210 g/mol. The lowest BCUT2D eigenvalue weighted by Gasteiger charge is -1.92. The fourth-order valence-electron chi connectivity index (χ4n) is 1.13. The van der Waals surface area contributed by atoms with Gasteiger partial charge in [-0.05, 0) is 10.8 Å². The maximum absolute atomic E-state index is 8.67. The molecular weight excluding hydrogens is 200 g/mol. The topological polar surface area (TPSA) is 57.5 Å². The number of fused-ring (bicyclic) bond motifs is 1. The van der Waals surface area contributed by atoms with Gasteiger partial charge in [-0.2, -0.15) is 4.21 Å². The summed E-state index contributed by atoms with van der Waals surface area (Å²) in [5.74, 6) is 0. The Kier molecular flexibility index (Phi) is 4.25. The molecule has 0 aromatic heterocycles. The maximum atomic E-state index is 8.67. The van der Waals surface area contributed by atoms with E-state index >= 15 is 0 Å². The van der Waals surface area contributed by atoms with Crippen LogP contribution in [0.15, 0.2) is 48.5 Å². The highest BCUT2D eigenvalue weighted by Crippen LogP contribution is 2.11. The van der Waals surface area contributed by atoms with Crippen molar-refractivity contribution in [2.24, 2.45) is 0 Å². The van der Waals surface area contributed by atoms with Crippen LogP contribution in [-0.2, 0) is 11.4 Å². The van der Waals surface area contributed by atoms with Crippen molar-refractivity contribution in [2.75, 3.05) is 0 Å². The van der Waals surface area contributed by atoms with Crippen molar-refractivity contribution < 1.29 is 13.3 Å². The Morgan fingerprint density at radius 1 is 0.786 bits per heavy atom. The summed E-state index contributed by atoms with van der Waals surface area (Å²) in [6.45, 7) is 0. The lowest BCUT2D eigenvalue weighted by molar-refractivity contribution is 0.454. The average molecular weight is 210 g/mol. The van der Waals surface area contributed by atoms with Crippen LogP contribution in [0, 0.1) is 0 Å². The summed E-state index contributed by atoms with van der Waals surface area (Å²) in [5, 5.41) is 2.62. The van der Waals surface area contributed by atoms with E-state index in [1.165, 1.54) is 10.8 Å². The molecule has 2 rings (SSSR count). The third kappa shape index (κ3) is 3.66. The minimum atomic E-state index is -2.61. The van der Waals surface area contributed by atoms with Crippen LogP contribution in [0.5, 0.6) is 0 Å². The van der Waals surface area contributed by atoms with Crippen molar-refractivity contribution >= 4 is 22.1 Å². The Morgan fingerprint density at radius 2 is 1.00 bits per heavy atom. The molecule has 14 heavy (non-hydrogen) atoms. The van der Waals surface area contributed by atoms with Crippen molar-refractivity contribution in [1.82, 2.24) is 0 Å². The van der Waals surface area contributed by atoms with E-state index in [1.807, 2.05) is 0 Å². The summed E-state index contributed by atoms with van der Waals surface area (Å²) >= 11 is -2.61. The SMILES string of the molecule is O=S(O)O.c1ccc2ccccc2c1. The number of hydrogen-bond acceptors (Lipinski definition) is 1. The van der Waals surface area contributed by atoms with Crippen LogP contribution in [0.3, 0.4) is 0 Å². The van der Waals surface area contributed by atoms with E-state index in [1.54, 1.807) is 0 Å². The van der Waals surface area contributed by atoms with Gasteiger partial charge in [-0.1, -0.05) is 48.5 Å². The van der Waals surface area contributed by atoms with Crippen LogP contribution in [0.4, 0.5) is 0 Å². The van der Waals surface area contributed by atoms with Crippen molar-refractivity contribution in [3.05, 3.63) is 48.5 Å². The Labute approximate surface area is 84.5 Å². The second-order valence-corrected chi connectivity index (χ2v) is 3.04. The normalized spacial score (nSPS) is 9.64. The zero-order valence-electron chi connectivity index (χ0n) is 7.33. The van der Waals surface area contributed by atoms with E-state index in [0.29, 0.717) is 0 Å². The van der Waals surface area contributed by atoms with Gasteiger partial charge in [-0.25, -0.2) is 0 Å².